The highest BCUT2D eigenvalue weighted by atomic mass is 16.5. The minimum Gasteiger partial charge on any atom is -0.361 e. The molecule has 112 valence electrons. The molecule has 0 saturated carbocycles. The van der Waals surface area contributed by atoms with E-state index in [1.807, 2.05) is 13.8 Å². The number of carbonyl (C=O) groups is 1. The molecule has 0 fully saturated rings. The zero-order valence-electron chi connectivity index (χ0n) is 13.3. The molecule has 21 heavy (non-hydrogen) atoms. The van der Waals surface area contributed by atoms with Gasteiger partial charge in [-0.3, -0.25) is 4.79 Å². The van der Waals surface area contributed by atoms with Gasteiger partial charge in [0.1, 0.15) is 5.76 Å². The molecule has 2 aromatic rings. The van der Waals surface area contributed by atoms with Gasteiger partial charge in [-0.15, -0.1) is 0 Å². The van der Waals surface area contributed by atoms with Crippen LogP contribution in [0, 0.1) is 34.6 Å². The lowest BCUT2D eigenvalue weighted by Gasteiger charge is -2.11. The lowest BCUT2D eigenvalue weighted by Crippen LogP contribution is -2.25. The zero-order valence-corrected chi connectivity index (χ0v) is 13.3. The summed E-state index contributed by atoms with van der Waals surface area (Å²) in [4.78, 5) is 12.2. The lowest BCUT2D eigenvalue weighted by atomic mass is 9.97. The van der Waals surface area contributed by atoms with Crippen molar-refractivity contribution in [3.8, 4) is 0 Å². The van der Waals surface area contributed by atoms with Crippen molar-refractivity contribution in [1.82, 2.24) is 10.5 Å². The van der Waals surface area contributed by atoms with Gasteiger partial charge in [0.15, 0.2) is 0 Å². The summed E-state index contributed by atoms with van der Waals surface area (Å²) in [5.41, 5.74) is 6.46. The quantitative estimate of drug-likeness (QED) is 0.939. The van der Waals surface area contributed by atoms with E-state index >= 15 is 0 Å². The normalized spacial score (nSPS) is 10.7. The highest BCUT2D eigenvalue weighted by Crippen LogP contribution is 2.17. The molecule has 4 heteroatoms. The largest absolute Gasteiger partial charge is 0.361 e. The van der Waals surface area contributed by atoms with E-state index in [2.05, 4.69) is 43.4 Å². The molecule has 2 rings (SSSR count). The van der Waals surface area contributed by atoms with Crippen LogP contribution < -0.4 is 5.32 Å². The molecule has 4 nitrogen and oxygen atoms in total. The maximum atomic E-state index is 12.2. The number of carbonyl (C=O) groups excluding carboxylic acids is 1. The van der Waals surface area contributed by atoms with Gasteiger partial charge in [-0.05, 0) is 51.3 Å². The van der Waals surface area contributed by atoms with Gasteiger partial charge in [0.05, 0.1) is 12.1 Å². The maximum absolute atomic E-state index is 12.2. The summed E-state index contributed by atoms with van der Waals surface area (Å²) in [5, 5.41) is 6.84. The molecule has 1 aromatic carbocycles. The second-order valence-corrected chi connectivity index (χ2v) is 5.63. The molecule has 0 bridgehead atoms. The van der Waals surface area contributed by atoms with Crippen LogP contribution in [0.25, 0.3) is 0 Å². The first-order chi connectivity index (χ1) is 9.88. The van der Waals surface area contributed by atoms with Crippen molar-refractivity contribution in [2.75, 3.05) is 0 Å². The third-order valence-corrected chi connectivity index (χ3v) is 3.82. The Morgan fingerprint density at radius 3 is 2.24 bits per heavy atom. The van der Waals surface area contributed by atoms with Gasteiger partial charge in [0, 0.05) is 12.1 Å². The molecular weight excluding hydrogens is 264 g/mol. The fourth-order valence-electron chi connectivity index (χ4n) is 2.65. The number of benzene rings is 1. The fraction of sp³-hybridized carbons (Fsp3) is 0.412. The zero-order chi connectivity index (χ0) is 15.6. The number of aromatic nitrogens is 1. The van der Waals surface area contributed by atoms with Crippen LogP contribution in [0.4, 0.5) is 0 Å². The van der Waals surface area contributed by atoms with Crippen LogP contribution >= 0.6 is 0 Å². The highest BCUT2D eigenvalue weighted by molar-refractivity contribution is 5.79. The standard InChI is InChI=1S/C17H22N2O2/c1-10-6-11(2)15(12(3)7-10)8-17(20)18-9-16-13(4)19-21-14(16)5/h6-7H,8-9H2,1-5H3,(H,18,20). The monoisotopic (exact) mass is 286 g/mol. The number of nitrogens with one attached hydrogen (secondary N) is 1. The summed E-state index contributed by atoms with van der Waals surface area (Å²) in [6.07, 6.45) is 0.404. The number of aryl methyl sites for hydroxylation is 5. The smallest absolute Gasteiger partial charge is 0.224 e. The molecule has 1 amide bonds. The van der Waals surface area contributed by atoms with E-state index in [0.29, 0.717) is 13.0 Å². The summed E-state index contributed by atoms with van der Waals surface area (Å²) in [7, 11) is 0. The molecular formula is C17H22N2O2. The molecule has 1 aromatic heterocycles. The topological polar surface area (TPSA) is 55.1 Å². The molecule has 0 atom stereocenters. The summed E-state index contributed by atoms with van der Waals surface area (Å²) in [6.45, 7) is 10.4. The van der Waals surface area contributed by atoms with Crippen molar-refractivity contribution in [2.24, 2.45) is 0 Å². The summed E-state index contributed by atoms with van der Waals surface area (Å²) < 4.78 is 5.10. The molecule has 0 aliphatic heterocycles. The van der Waals surface area contributed by atoms with Gasteiger partial charge < -0.3 is 9.84 Å². The van der Waals surface area contributed by atoms with Crippen molar-refractivity contribution >= 4 is 5.91 Å². The third kappa shape index (κ3) is 3.51. The third-order valence-electron chi connectivity index (χ3n) is 3.82. The summed E-state index contributed by atoms with van der Waals surface area (Å²) >= 11 is 0. The molecule has 0 radical (unpaired) electrons. The van der Waals surface area contributed by atoms with Crippen LogP contribution in [0.2, 0.25) is 0 Å². The average Bonchev–Trinajstić information content (AvgIpc) is 2.71. The van der Waals surface area contributed by atoms with Gasteiger partial charge in [0.25, 0.3) is 0 Å². The van der Waals surface area contributed by atoms with Gasteiger partial charge in [-0.25, -0.2) is 0 Å². The van der Waals surface area contributed by atoms with E-state index in [1.165, 1.54) is 16.7 Å². The van der Waals surface area contributed by atoms with Crippen LogP contribution in [0.1, 0.15) is 39.3 Å². The van der Waals surface area contributed by atoms with E-state index in [4.69, 9.17) is 4.52 Å². The number of nitrogens with zero attached hydrogens (tertiary/aromatic N) is 1. The Kier molecular flexibility index (Phi) is 4.46. The van der Waals surface area contributed by atoms with Crippen molar-refractivity contribution in [3.05, 3.63) is 51.4 Å². The first-order valence-electron chi connectivity index (χ1n) is 7.13. The van der Waals surface area contributed by atoms with E-state index in [-0.39, 0.29) is 5.91 Å². The van der Waals surface area contributed by atoms with Crippen molar-refractivity contribution in [1.29, 1.82) is 0 Å². The van der Waals surface area contributed by atoms with Crippen LogP contribution in [-0.4, -0.2) is 11.1 Å². The maximum Gasteiger partial charge on any atom is 0.224 e. The Morgan fingerprint density at radius 2 is 1.71 bits per heavy atom. The van der Waals surface area contributed by atoms with E-state index in [0.717, 1.165) is 22.6 Å². The minimum absolute atomic E-state index is 0.0186. The molecule has 0 saturated heterocycles. The SMILES string of the molecule is Cc1cc(C)c(CC(=O)NCc2c(C)noc2C)c(C)c1. The number of amides is 1. The van der Waals surface area contributed by atoms with Crippen molar-refractivity contribution < 1.29 is 9.32 Å². The highest BCUT2D eigenvalue weighted by Gasteiger charge is 2.12. The Morgan fingerprint density at radius 1 is 1.10 bits per heavy atom. The van der Waals surface area contributed by atoms with Crippen LogP contribution in [-0.2, 0) is 17.8 Å². The molecule has 1 N–H and O–H groups in total. The van der Waals surface area contributed by atoms with E-state index in [1.54, 1.807) is 0 Å². The number of hydrogen-bond donors (Lipinski definition) is 1. The predicted octanol–water partition coefficient (Wildman–Crippen LogP) is 3.08. The second kappa shape index (κ2) is 6.12. The average molecular weight is 286 g/mol. The Labute approximate surface area is 125 Å². The first kappa shape index (κ1) is 15.3. The van der Waals surface area contributed by atoms with Crippen molar-refractivity contribution in [2.45, 2.75) is 47.6 Å². The molecule has 0 unspecified atom stereocenters. The minimum atomic E-state index is 0.0186. The number of rotatable bonds is 4. The summed E-state index contributed by atoms with van der Waals surface area (Å²) in [5.74, 6) is 0.778. The lowest BCUT2D eigenvalue weighted by molar-refractivity contribution is -0.120. The van der Waals surface area contributed by atoms with Crippen LogP contribution in [0.3, 0.4) is 0 Å². The Hall–Kier alpha value is -2.10. The Bertz CT molecular complexity index is 629. The van der Waals surface area contributed by atoms with E-state index in [9.17, 15) is 4.79 Å². The molecule has 0 spiro atoms. The first-order valence-corrected chi connectivity index (χ1v) is 7.13. The van der Waals surface area contributed by atoms with Gasteiger partial charge in [-0.1, -0.05) is 22.9 Å². The van der Waals surface area contributed by atoms with E-state index < -0.39 is 0 Å². The van der Waals surface area contributed by atoms with Gasteiger partial charge in [-0.2, -0.15) is 0 Å². The second-order valence-electron chi connectivity index (χ2n) is 5.63. The van der Waals surface area contributed by atoms with Gasteiger partial charge in [0.2, 0.25) is 5.91 Å². The van der Waals surface area contributed by atoms with Crippen LogP contribution in [0.15, 0.2) is 16.7 Å². The predicted molar refractivity (Wildman–Crippen MR) is 82.2 cm³/mol. The summed E-state index contributed by atoms with van der Waals surface area (Å²) in [6, 6.07) is 4.23. The molecule has 0 aliphatic carbocycles. The van der Waals surface area contributed by atoms with Crippen molar-refractivity contribution in [3.63, 3.8) is 0 Å². The fourth-order valence-corrected chi connectivity index (χ4v) is 2.65. The van der Waals surface area contributed by atoms with Crippen LogP contribution in [0.5, 0.6) is 0 Å². The van der Waals surface area contributed by atoms with Gasteiger partial charge >= 0.3 is 0 Å². The molecule has 1 heterocycles. The molecule has 0 aliphatic rings. The Balaban J connectivity index is 2.03. The number of hydrogen-bond acceptors (Lipinski definition) is 3.